The van der Waals surface area contributed by atoms with Crippen LogP contribution in [-0.2, 0) is 6.54 Å². The molecule has 0 amide bonds. The van der Waals surface area contributed by atoms with Crippen LogP contribution in [0.2, 0.25) is 0 Å². The Balaban J connectivity index is 1.64. The van der Waals surface area contributed by atoms with Crippen molar-refractivity contribution >= 4 is 11.3 Å². The molecule has 0 atom stereocenters. The van der Waals surface area contributed by atoms with E-state index in [9.17, 15) is 0 Å². The van der Waals surface area contributed by atoms with Gasteiger partial charge in [-0.25, -0.2) is 4.98 Å². The molecule has 0 bridgehead atoms. The van der Waals surface area contributed by atoms with Crippen LogP contribution < -0.4 is 0 Å². The van der Waals surface area contributed by atoms with Crippen LogP contribution in [0.5, 0.6) is 0 Å². The number of aromatic nitrogens is 1. The fourth-order valence-electron chi connectivity index (χ4n) is 2.10. The van der Waals surface area contributed by atoms with Gasteiger partial charge in [-0.1, -0.05) is 0 Å². The third-order valence-electron chi connectivity index (χ3n) is 3.12. The molecule has 0 unspecified atom stereocenters. The maximum atomic E-state index is 4.71. The van der Waals surface area contributed by atoms with Gasteiger partial charge in [-0.3, -0.25) is 4.90 Å². The lowest BCUT2D eigenvalue weighted by Crippen LogP contribution is -2.18. The molecule has 1 aliphatic carbocycles. The van der Waals surface area contributed by atoms with Crippen molar-refractivity contribution in [2.24, 2.45) is 0 Å². The highest BCUT2D eigenvalue weighted by molar-refractivity contribution is 7.09. The molecule has 14 heavy (non-hydrogen) atoms. The van der Waals surface area contributed by atoms with E-state index in [1.165, 1.54) is 49.5 Å². The quantitative estimate of drug-likeness (QED) is 0.759. The van der Waals surface area contributed by atoms with E-state index < -0.39 is 0 Å². The molecule has 2 fully saturated rings. The molecule has 2 aliphatic rings. The third-order valence-corrected chi connectivity index (χ3v) is 3.97. The number of rotatable bonds is 3. The molecule has 0 radical (unpaired) electrons. The normalized spacial score (nSPS) is 23.1. The number of likely N-dealkylation sites (tertiary alicyclic amines) is 1. The van der Waals surface area contributed by atoms with Crippen LogP contribution in [0.15, 0.2) is 5.38 Å². The molecule has 0 spiro atoms. The number of hydrogen-bond donors (Lipinski definition) is 0. The van der Waals surface area contributed by atoms with E-state index in [0.29, 0.717) is 0 Å². The van der Waals surface area contributed by atoms with Gasteiger partial charge in [-0.15, -0.1) is 11.3 Å². The lowest BCUT2D eigenvalue weighted by atomic mass is 10.3. The standard InChI is InChI=1S/C11H16N2S/c1-2-6-13(5-1)7-11-12-10(8-14-11)9-3-4-9/h8-9H,1-7H2. The van der Waals surface area contributed by atoms with Crippen molar-refractivity contribution in [1.82, 2.24) is 9.88 Å². The maximum Gasteiger partial charge on any atom is 0.107 e. The summed E-state index contributed by atoms with van der Waals surface area (Å²) >= 11 is 1.85. The summed E-state index contributed by atoms with van der Waals surface area (Å²) in [6.45, 7) is 3.65. The van der Waals surface area contributed by atoms with E-state index in [4.69, 9.17) is 4.98 Å². The summed E-state index contributed by atoms with van der Waals surface area (Å²) in [7, 11) is 0. The van der Waals surface area contributed by atoms with Crippen molar-refractivity contribution < 1.29 is 0 Å². The van der Waals surface area contributed by atoms with Crippen LogP contribution in [0.25, 0.3) is 0 Å². The summed E-state index contributed by atoms with van der Waals surface area (Å²) < 4.78 is 0. The zero-order chi connectivity index (χ0) is 9.38. The zero-order valence-corrected chi connectivity index (χ0v) is 9.22. The van der Waals surface area contributed by atoms with Gasteiger partial charge in [0, 0.05) is 11.3 Å². The van der Waals surface area contributed by atoms with Gasteiger partial charge in [0.2, 0.25) is 0 Å². The molecule has 2 heterocycles. The van der Waals surface area contributed by atoms with Crippen molar-refractivity contribution in [3.05, 3.63) is 16.1 Å². The van der Waals surface area contributed by atoms with Crippen LogP contribution in [-0.4, -0.2) is 23.0 Å². The molecular formula is C11H16N2S. The highest BCUT2D eigenvalue weighted by Crippen LogP contribution is 2.40. The predicted octanol–water partition coefficient (Wildman–Crippen LogP) is 2.62. The summed E-state index contributed by atoms with van der Waals surface area (Å²) in [6, 6.07) is 0. The number of nitrogens with zero attached hydrogens (tertiary/aromatic N) is 2. The molecule has 1 aromatic heterocycles. The van der Waals surface area contributed by atoms with Gasteiger partial charge >= 0.3 is 0 Å². The van der Waals surface area contributed by atoms with Crippen LogP contribution in [0.3, 0.4) is 0 Å². The molecule has 1 saturated carbocycles. The van der Waals surface area contributed by atoms with E-state index in [0.717, 1.165) is 12.5 Å². The molecule has 3 heteroatoms. The first-order valence-corrected chi connectivity index (χ1v) is 6.46. The topological polar surface area (TPSA) is 16.1 Å². The van der Waals surface area contributed by atoms with Gasteiger partial charge in [0.1, 0.15) is 5.01 Å². The van der Waals surface area contributed by atoms with Crippen molar-refractivity contribution in [1.29, 1.82) is 0 Å². The molecular weight excluding hydrogens is 192 g/mol. The van der Waals surface area contributed by atoms with Crippen LogP contribution in [0.1, 0.15) is 42.3 Å². The first-order valence-electron chi connectivity index (χ1n) is 5.58. The van der Waals surface area contributed by atoms with Crippen molar-refractivity contribution in [2.75, 3.05) is 13.1 Å². The smallest absolute Gasteiger partial charge is 0.107 e. The average Bonchev–Trinajstić information content (AvgIpc) is 2.75. The number of hydrogen-bond acceptors (Lipinski definition) is 3. The van der Waals surface area contributed by atoms with Crippen molar-refractivity contribution in [2.45, 2.75) is 38.1 Å². The molecule has 1 aromatic rings. The van der Waals surface area contributed by atoms with Gasteiger partial charge in [-0.2, -0.15) is 0 Å². The average molecular weight is 208 g/mol. The third kappa shape index (κ3) is 1.84. The Kier molecular flexibility index (Phi) is 2.30. The van der Waals surface area contributed by atoms with Crippen LogP contribution in [0.4, 0.5) is 0 Å². The summed E-state index contributed by atoms with van der Waals surface area (Å²) in [4.78, 5) is 7.24. The Morgan fingerprint density at radius 2 is 2.14 bits per heavy atom. The SMILES string of the molecule is c1sc(CN2CCCC2)nc1C1CC1. The van der Waals surface area contributed by atoms with Crippen LogP contribution >= 0.6 is 11.3 Å². The summed E-state index contributed by atoms with van der Waals surface area (Å²) in [5, 5.41) is 3.59. The van der Waals surface area contributed by atoms with E-state index in [-0.39, 0.29) is 0 Å². The van der Waals surface area contributed by atoms with Crippen molar-refractivity contribution in [3.63, 3.8) is 0 Å². The molecule has 2 nitrogen and oxygen atoms in total. The molecule has 0 N–H and O–H groups in total. The molecule has 0 aromatic carbocycles. The van der Waals surface area contributed by atoms with Gasteiger partial charge in [0.15, 0.2) is 0 Å². The molecule has 1 saturated heterocycles. The summed E-state index contributed by atoms with van der Waals surface area (Å²) in [5.74, 6) is 0.818. The first-order chi connectivity index (χ1) is 6.92. The highest BCUT2D eigenvalue weighted by atomic mass is 32.1. The van der Waals surface area contributed by atoms with Gasteiger partial charge in [-0.05, 0) is 38.8 Å². The van der Waals surface area contributed by atoms with E-state index >= 15 is 0 Å². The Morgan fingerprint density at radius 3 is 2.86 bits per heavy atom. The second-order valence-corrected chi connectivity index (χ2v) is 5.37. The van der Waals surface area contributed by atoms with Gasteiger partial charge in [0.25, 0.3) is 0 Å². The molecule has 1 aliphatic heterocycles. The molecule has 3 rings (SSSR count). The minimum absolute atomic E-state index is 0.818. The van der Waals surface area contributed by atoms with E-state index in [2.05, 4.69) is 10.3 Å². The fraction of sp³-hybridized carbons (Fsp3) is 0.727. The van der Waals surface area contributed by atoms with Gasteiger partial charge in [0.05, 0.1) is 12.2 Å². The van der Waals surface area contributed by atoms with Gasteiger partial charge < -0.3 is 0 Å². The Bertz CT molecular complexity index is 311. The highest BCUT2D eigenvalue weighted by Gasteiger charge is 2.26. The second kappa shape index (κ2) is 3.63. The van der Waals surface area contributed by atoms with E-state index in [1.807, 2.05) is 11.3 Å². The monoisotopic (exact) mass is 208 g/mol. The lowest BCUT2D eigenvalue weighted by Gasteiger charge is -2.11. The largest absolute Gasteiger partial charge is 0.297 e. The van der Waals surface area contributed by atoms with Crippen molar-refractivity contribution in [3.8, 4) is 0 Å². The first kappa shape index (κ1) is 8.86. The Labute approximate surface area is 89.0 Å². The number of thiazole rings is 1. The fourth-order valence-corrected chi connectivity index (χ4v) is 3.01. The molecule has 76 valence electrons. The summed E-state index contributed by atoms with van der Waals surface area (Å²) in [6.07, 6.45) is 5.49. The minimum atomic E-state index is 0.818. The van der Waals surface area contributed by atoms with E-state index in [1.54, 1.807) is 0 Å². The zero-order valence-electron chi connectivity index (χ0n) is 8.41. The second-order valence-electron chi connectivity index (χ2n) is 4.42. The maximum absolute atomic E-state index is 4.71. The predicted molar refractivity (Wildman–Crippen MR) is 58.6 cm³/mol. The lowest BCUT2D eigenvalue weighted by molar-refractivity contribution is 0.330. The Hall–Kier alpha value is -0.410. The Morgan fingerprint density at radius 1 is 1.36 bits per heavy atom. The summed E-state index contributed by atoms with van der Waals surface area (Å²) in [5.41, 5.74) is 1.36. The minimum Gasteiger partial charge on any atom is -0.297 e. The van der Waals surface area contributed by atoms with Crippen LogP contribution in [0, 0.1) is 0 Å².